The molecule has 1 heterocycles. The predicted octanol–water partition coefficient (Wildman–Crippen LogP) is 0.529. The Bertz CT molecular complexity index is 418. The van der Waals surface area contributed by atoms with Crippen LogP contribution in [0.5, 0.6) is 0 Å². The molecule has 1 atom stereocenters. The van der Waals surface area contributed by atoms with Crippen molar-refractivity contribution in [2.45, 2.75) is 33.2 Å². The molecule has 1 saturated heterocycles. The first kappa shape index (κ1) is 17.8. The summed E-state index contributed by atoms with van der Waals surface area (Å²) in [5.41, 5.74) is -0.105. The molecule has 0 aromatic rings. The third-order valence-electron chi connectivity index (χ3n) is 3.10. The van der Waals surface area contributed by atoms with Gasteiger partial charge in [0.15, 0.2) is 0 Å². The van der Waals surface area contributed by atoms with Crippen molar-refractivity contribution in [1.29, 1.82) is 0 Å². The minimum absolute atomic E-state index is 0.00779. The van der Waals surface area contributed by atoms with E-state index in [-0.39, 0.29) is 29.7 Å². The van der Waals surface area contributed by atoms with Gasteiger partial charge >= 0.3 is 0 Å². The number of carbonyl (C=O) groups excluding carboxylic acids is 3. The van der Waals surface area contributed by atoms with Crippen LogP contribution in [0.25, 0.3) is 0 Å². The van der Waals surface area contributed by atoms with Crippen LogP contribution < -0.4 is 5.32 Å². The zero-order valence-electron chi connectivity index (χ0n) is 13.4. The second-order valence-corrected chi connectivity index (χ2v) is 7.62. The van der Waals surface area contributed by atoms with Crippen molar-refractivity contribution in [2.24, 2.45) is 5.41 Å². The summed E-state index contributed by atoms with van der Waals surface area (Å²) >= 11 is 1.56. The highest BCUT2D eigenvalue weighted by Gasteiger charge is 2.35. The summed E-state index contributed by atoms with van der Waals surface area (Å²) in [6.07, 6.45) is 0.411. The molecule has 0 aliphatic carbocycles. The number of thioether (sulfide) groups is 1. The van der Waals surface area contributed by atoms with E-state index in [1.54, 1.807) is 30.8 Å². The van der Waals surface area contributed by atoms with E-state index in [0.717, 1.165) is 0 Å². The molecule has 7 heteroatoms. The molecule has 1 fully saturated rings. The summed E-state index contributed by atoms with van der Waals surface area (Å²) in [5, 5.41) is 2.62. The van der Waals surface area contributed by atoms with Crippen LogP contribution in [0.2, 0.25) is 0 Å². The van der Waals surface area contributed by atoms with Crippen LogP contribution in [-0.4, -0.2) is 65.8 Å². The monoisotopic (exact) mass is 315 g/mol. The zero-order chi connectivity index (χ0) is 16.2. The molecule has 21 heavy (non-hydrogen) atoms. The van der Waals surface area contributed by atoms with Crippen molar-refractivity contribution < 1.29 is 14.4 Å². The highest BCUT2D eigenvalue weighted by atomic mass is 32.2. The molecule has 1 N–H and O–H groups in total. The Morgan fingerprint density at radius 2 is 1.90 bits per heavy atom. The van der Waals surface area contributed by atoms with Gasteiger partial charge in [0.05, 0.1) is 12.4 Å². The second kappa shape index (κ2) is 7.15. The lowest BCUT2D eigenvalue weighted by molar-refractivity contribution is -0.140. The summed E-state index contributed by atoms with van der Waals surface area (Å²) < 4.78 is 0. The van der Waals surface area contributed by atoms with Gasteiger partial charge in [-0.2, -0.15) is 0 Å². The lowest BCUT2D eigenvalue weighted by Crippen LogP contribution is -2.49. The Balaban J connectivity index is 2.58. The van der Waals surface area contributed by atoms with Crippen LogP contribution in [0.4, 0.5) is 0 Å². The predicted molar refractivity (Wildman–Crippen MR) is 83.7 cm³/mol. The average Bonchev–Trinajstić information content (AvgIpc) is 2.82. The van der Waals surface area contributed by atoms with Gasteiger partial charge in [0.25, 0.3) is 0 Å². The molecule has 1 rings (SSSR count). The Morgan fingerprint density at radius 3 is 2.43 bits per heavy atom. The number of nitrogens with one attached hydrogen (secondary N) is 1. The van der Waals surface area contributed by atoms with Crippen molar-refractivity contribution in [3.05, 3.63) is 0 Å². The third-order valence-corrected chi connectivity index (χ3v) is 4.11. The van der Waals surface area contributed by atoms with Gasteiger partial charge in [-0.1, -0.05) is 20.8 Å². The molecular weight excluding hydrogens is 290 g/mol. The third kappa shape index (κ3) is 5.57. The maximum atomic E-state index is 12.3. The molecule has 120 valence electrons. The summed E-state index contributed by atoms with van der Waals surface area (Å²) in [7, 11) is 3.28. The van der Waals surface area contributed by atoms with Crippen molar-refractivity contribution in [3.8, 4) is 0 Å². The summed E-state index contributed by atoms with van der Waals surface area (Å²) in [6, 6.07) is -0.472. The van der Waals surface area contributed by atoms with E-state index in [1.807, 2.05) is 20.8 Å². The smallest absolute Gasteiger partial charge is 0.244 e. The van der Waals surface area contributed by atoms with Gasteiger partial charge in [0.1, 0.15) is 6.04 Å². The lowest BCUT2D eigenvalue weighted by Gasteiger charge is -2.26. The van der Waals surface area contributed by atoms with Crippen LogP contribution >= 0.6 is 11.8 Å². The van der Waals surface area contributed by atoms with Crippen molar-refractivity contribution in [1.82, 2.24) is 15.1 Å². The van der Waals surface area contributed by atoms with Gasteiger partial charge in [0, 0.05) is 26.3 Å². The number of carbonyl (C=O) groups is 3. The molecule has 0 aromatic carbocycles. The van der Waals surface area contributed by atoms with E-state index in [1.165, 1.54) is 4.90 Å². The molecule has 1 aliphatic rings. The van der Waals surface area contributed by atoms with Crippen LogP contribution in [0.3, 0.4) is 0 Å². The molecule has 0 spiro atoms. The molecule has 0 bridgehead atoms. The van der Waals surface area contributed by atoms with Crippen molar-refractivity contribution >= 4 is 29.5 Å². The lowest BCUT2D eigenvalue weighted by atomic mass is 9.91. The fraction of sp³-hybridized carbons (Fsp3) is 0.786. The van der Waals surface area contributed by atoms with Gasteiger partial charge < -0.3 is 15.1 Å². The number of nitrogens with zero attached hydrogens (tertiary/aromatic N) is 2. The fourth-order valence-electron chi connectivity index (χ4n) is 1.90. The highest BCUT2D eigenvalue weighted by molar-refractivity contribution is 7.99. The minimum Gasteiger partial charge on any atom is -0.347 e. The Labute approximate surface area is 130 Å². The quantitative estimate of drug-likeness (QED) is 0.821. The average molecular weight is 315 g/mol. The molecule has 1 aliphatic heterocycles. The largest absolute Gasteiger partial charge is 0.347 e. The molecular formula is C14H25N3O3S. The molecule has 6 nitrogen and oxygen atoms in total. The normalized spacial score (nSPS) is 18.5. The fourth-order valence-corrected chi connectivity index (χ4v) is 3.08. The van der Waals surface area contributed by atoms with Crippen LogP contribution in [-0.2, 0) is 14.4 Å². The molecule has 0 saturated carbocycles. The van der Waals surface area contributed by atoms with Gasteiger partial charge in [-0.05, 0) is 5.41 Å². The van der Waals surface area contributed by atoms with Crippen LogP contribution in [0.1, 0.15) is 27.2 Å². The summed E-state index contributed by atoms with van der Waals surface area (Å²) in [4.78, 5) is 39.0. The molecule has 3 amide bonds. The summed E-state index contributed by atoms with van der Waals surface area (Å²) in [5.74, 6) is 0.692. The zero-order valence-corrected chi connectivity index (χ0v) is 14.2. The highest BCUT2D eigenvalue weighted by Crippen LogP contribution is 2.26. The molecule has 0 radical (unpaired) electrons. The van der Waals surface area contributed by atoms with E-state index in [2.05, 4.69) is 5.32 Å². The maximum Gasteiger partial charge on any atom is 0.244 e. The van der Waals surface area contributed by atoms with Crippen LogP contribution in [0, 0.1) is 5.41 Å². The van der Waals surface area contributed by atoms with Crippen molar-refractivity contribution in [3.63, 3.8) is 0 Å². The first-order chi connectivity index (χ1) is 9.61. The molecule has 0 aromatic heterocycles. The Hall–Kier alpha value is -1.24. The van der Waals surface area contributed by atoms with E-state index in [4.69, 9.17) is 0 Å². The number of rotatable bonds is 4. The van der Waals surface area contributed by atoms with Gasteiger partial charge in [-0.15, -0.1) is 11.8 Å². The Kier molecular flexibility index (Phi) is 6.07. The SMILES string of the molecule is CN(C)C(=O)CNC(=O)[C@@H]1CSCN1C(=O)CC(C)(C)C. The minimum atomic E-state index is -0.472. The number of amides is 3. The topological polar surface area (TPSA) is 69.7 Å². The number of likely N-dealkylation sites (N-methyl/N-ethyl adjacent to an activating group) is 1. The second-order valence-electron chi connectivity index (χ2n) is 6.62. The van der Waals surface area contributed by atoms with E-state index in [9.17, 15) is 14.4 Å². The standard InChI is InChI=1S/C14H25N3O3S/c1-14(2,3)6-11(18)17-9-21-8-10(17)13(20)15-7-12(19)16(4)5/h10H,6-9H2,1-5H3,(H,15,20)/t10-/m0/s1. The van der Waals surface area contributed by atoms with E-state index < -0.39 is 6.04 Å². The Morgan fingerprint density at radius 1 is 1.29 bits per heavy atom. The van der Waals surface area contributed by atoms with E-state index >= 15 is 0 Å². The maximum absolute atomic E-state index is 12.3. The number of hydrogen-bond donors (Lipinski definition) is 1. The van der Waals surface area contributed by atoms with Crippen molar-refractivity contribution in [2.75, 3.05) is 32.3 Å². The first-order valence-corrected chi connectivity index (χ1v) is 8.12. The first-order valence-electron chi connectivity index (χ1n) is 6.97. The van der Waals surface area contributed by atoms with Gasteiger partial charge in [0.2, 0.25) is 17.7 Å². The molecule has 0 unspecified atom stereocenters. The van der Waals surface area contributed by atoms with E-state index in [0.29, 0.717) is 18.1 Å². The van der Waals surface area contributed by atoms with Gasteiger partial charge in [-0.3, -0.25) is 14.4 Å². The van der Waals surface area contributed by atoms with Gasteiger partial charge in [-0.25, -0.2) is 0 Å². The van der Waals surface area contributed by atoms with Crippen LogP contribution in [0.15, 0.2) is 0 Å². The summed E-state index contributed by atoms with van der Waals surface area (Å²) in [6.45, 7) is 5.96. The number of hydrogen-bond acceptors (Lipinski definition) is 4.